The van der Waals surface area contributed by atoms with Crippen LogP contribution in [0.25, 0.3) is 0 Å². The number of rotatable bonds is 8. The van der Waals surface area contributed by atoms with Crippen LogP contribution in [0.15, 0.2) is 52.1 Å². The zero-order valence-corrected chi connectivity index (χ0v) is 17.8. The molecule has 6 nitrogen and oxygen atoms in total. The van der Waals surface area contributed by atoms with Gasteiger partial charge in [0.1, 0.15) is 4.21 Å². The minimum Gasteiger partial charge on any atom is -0.344 e. The van der Waals surface area contributed by atoms with E-state index in [1.54, 1.807) is 17.5 Å². The second-order valence-corrected chi connectivity index (χ2v) is 10.2. The Morgan fingerprint density at radius 2 is 1.89 bits per heavy atom. The Morgan fingerprint density at radius 3 is 2.50 bits per heavy atom. The van der Waals surface area contributed by atoms with Gasteiger partial charge < -0.3 is 10.2 Å². The third-order valence-corrected chi connectivity index (χ3v) is 8.32. The minimum absolute atomic E-state index is 0.0202. The van der Waals surface area contributed by atoms with Gasteiger partial charge in [-0.15, -0.1) is 11.3 Å². The number of nitrogens with one attached hydrogen (secondary N) is 2. The fraction of sp³-hybridized carbons (Fsp3) is 0.450. The van der Waals surface area contributed by atoms with Crippen molar-refractivity contribution in [3.63, 3.8) is 0 Å². The SMILES string of the molecule is CCC[C@H](NC(=O)C[NH+]1CCN(S(=O)(=O)c2cccs2)CC1)c1ccccc1. The Labute approximate surface area is 171 Å². The molecule has 1 aliphatic heterocycles. The van der Waals surface area contributed by atoms with Gasteiger partial charge >= 0.3 is 0 Å². The number of sulfonamides is 1. The summed E-state index contributed by atoms with van der Waals surface area (Å²) in [6, 6.07) is 13.5. The van der Waals surface area contributed by atoms with Gasteiger partial charge in [-0.05, 0) is 23.4 Å². The molecule has 1 aromatic carbocycles. The monoisotopic (exact) mass is 422 g/mol. The second kappa shape index (κ2) is 9.65. The second-order valence-electron chi connectivity index (χ2n) is 7.08. The van der Waals surface area contributed by atoms with Crippen molar-refractivity contribution < 1.29 is 18.1 Å². The summed E-state index contributed by atoms with van der Waals surface area (Å²) in [7, 11) is -3.40. The molecule has 1 aliphatic rings. The van der Waals surface area contributed by atoms with E-state index in [0.29, 0.717) is 36.9 Å². The highest BCUT2D eigenvalue weighted by atomic mass is 32.2. The van der Waals surface area contributed by atoms with Crippen molar-refractivity contribution in [1.29, 1.82) is 0 Å². The van der Waals surface area contributed by atoms with E-state index in [1.165, 1.54) is 15.6 Å². The molecule has 0 saturated carbocycles. The highest BCUT2D eigenvalue weighted by Crippen LogP contribution is 2.20. The average Bonchev–Trinajstić information content (AvgIpc) is 3.24. The topological polar surface area (TPSA) is 70.9 Å². The number of amides is 1. The highest BCUT2D eigenvalue weighted by molar-refractivity contribution is 7.91. The first-order valence-corrected chi connectivity index (χ1v) is 12.0. The summed E-state index contributed by atoms with van der Waals surface area (Å²) >= 11 is 1.24. The molecule has 0 unspecified atom stereocenters. The van der Waals surface area contributed by atoms with Gasteiger partial charge in [-0.2, -0.15) is 4.31 Å². The Bertz CT molecular complexity index is 846. The van der Waals surface area contributed by atoms with Crippen LogP contribution in [0.2, 0.25) is 0 Å². The molecule has 2 heterocycles. The molecule has 1 saturated heterocycles. The molecule has 0 bridgehead atoms. The molecule has 1 fully saturated rings. The van der Waals surface area contributed by atoms with Crippen LogP contribution in [0.5, 0.6) is 0 Å². The van der Waals surface area contributed by atoms with E-state index < -0.39 is 10.0 Å². The molecule has 3 rings (SSSR count). The van der Waals surface area contributed by atoms with Crippen molar-refractivity contribution >= 4 is 27.3 Å². The van der Waals surface area contributed by atoms with Crippen molar-refractivity contribution in [3.8, 4) is 0 Å². The van der Waals surface area contributed by atoms with Crippen molar-refractivity contribution in [2.45, 2.75) is 30.0 Å². The van der Waals surface area contributed by atoms with Gasteiger partial charge in [0.25, 0.3) is 15.9 Å². The van der Waals surface area contributed by atoms with E-state index in [1.807, 2.05) is 30.3 Å². The first kappa shape index (κ1) is 21.0. The van der Waals surface area contributed by atoms with E-state index in [0.717, 1.165) is 23.3 Å². The van der Waals surface area contributed by atoms with Crippen molar-refractivity contribution in [2.75, 3.05) is 32.7 Å². The van der Waals surface area contributed by atoms with Crippen LogP contribution >= 0.6 is 11.3 Å². The van der Waals surface area contributed by atoms with E-state index >= 15 is 0 Å². The number of carbonyl (C=O) groups is 1. The van der Waals surface area contributed by atoms with Crippen molar-refractivity contribution in [1.82, 2.24) is 9.62 Å². The van der Waals surface area contributed by atoms with E-state index in [-0.39, 0.29) is 11.9 Å². The van der Waals surface area contributed by atoms with Gasteiger partial charge in [0, 0.05) is 0 Å². The lowest BCUT2D eigenvalue weighted by Crippen LogP contribution is -3.15. The Morgan fingerprint density at radius 1 is 1.18 bits per heavy atom. The van der Waals surface area contributed by atoms with Crippen LogP contribution in [0.4, 0.5) is 0 Å². The predicted molar refractivity (Wildman–Crippen MR) is 111 cm³/mol. The molecule has 2 aromatic rings. The quantitative estimate of drug-likeness (QED) is 0.674. The number of carbonyl (C=O) groups excluding carboxylic acids is 1. The molecule has 2 N–H and O–H groups in total. The maximum absolute atomic E-state index is 12.6. The summed E-state index contributed by atoms with van der Waals surface area (Å²) < 4.78 is 27.1. The van der Waals surface area contributed by atoms with Gasteiger partial charge in [0.05, 0.1) is 32.2 Å². The molecule has 0 radical (unpaired) electrons. The molecular weight excluding hydrogens is 394 g/mol. The molecular formula is C20H28N3O3S2+. The normalized spacial score (nSPS) is 17.3. The molecule has 1 aromatic heterocycles. The maximum atomic E-state index is 12.6. The third kappa shape index (κ3) is 5.20. The van der Waals surface area contributed by atoms with Crippen molar-refractivity contribution in [3.05, 3.63) is 53.4 Å². The standard InChI is InChI=1S/C20H27N3O3S2/c1-2-7-18(17-8-4-3-5-9-17)21-19(24)16-22-11-13-23(14-12-22)28(25,26)20-10-6-15-27-20/h3-6,8-10,15,18H,2,7,11-14,16H2,1H3,(H,21,24)/p+1/t18-/m0/s1. The zero-order valence-electron chi connectivity index (χ0n) is 16.1. The first-order chi connectivity index (χ1) is 13.5. The number of piperazine rings is 1. The van der Waals surface area contributed by atoms with E-state index in [9.17, 15) is 13.2 Å². The summed E-state index contributed by atoms with van der Waals surface area (Å²) in [5.74, 6) is 0.0202. The fourth-order valence-corrected chi connectivity index (χ4v) is 6.11. The van der Waals surface area contributed by atoms with Gasteiger partial charge in [0.15, 0.2) is 6.54 Å². The smallest absolute Gasteiger partial charge is 0.275 e. The van der Waals surface area contributed by atoms with E-state index in [4.69, 9.17) is 0 Å². The van der Waals surface area contributed by atoms with Gasteiger partial charge in [-0.3, -0.25) is 4.79 Å². The summed E-state index contributed by atoms with van der Waals surface area (Å²) in [4.78, 5) is 13.7. The van der Waals surface area contributed by atoms with E-state index in [2.05, 4.69) is 12.2 Å². The van der Waals surface area contributed by atoms with Crippen LogP contribution in [-0.4, -0.2) is 51.4 Å². The van der Waals surface area contributed by atoms with Crippen LogP contribution in [0.1, 0.15) is 31.4 Å². The maximum Gasteiger partial charge on any atom is 0.275 e. The molecule has 28 heavy (non-hydrogen) atoms. The van der Waals surface area contributed by atoms with Crippen LogP contribution < -0.4 is 10.2 Å². The molecule has 152 valence electrons. The summed E-state index contributed by atoms with van der Waals surface area (Å²) in [6.45, 7) is 4.66. The zero-order chi connectivity index (χ0) is 20.0. The fourth-order valence-electron chi connectivity index (χ4n) is 3.53. The van der Waals surface area contributed by atoms with Crippen molar-refractivity contribution in [2.24, 2.45) is 0 Å². The predicted octanol–water partition coefficient (Wildman–Crippen LogP) is 1.29. The first-order valence-electron chi connectivity index (χ1n) is 9.72. The molecule has 0 spiro atoms. The number of hydrogen-bond acceptors (Lipinski definition) is 4. The largest absolute Gasteiger partial charge is 0.344 e. The van der Waals surface area contributed by atoms with Crippen LogP contribution in [0.3, 0.4) is 0 Å². The highest BCUT2D eigenvalue weighted by Gasteiger charge is 2.31. The molecule has 0 aliphatic carbocycles. The Hall–Kier alpha value is -1.74. The molecule has 1 amide bonds. The number of hydrogen-bond donors (Lipinski definition) is 2. The molecule has 8 heteroatoms. The number of nitrogens with zero attached hydrogens (tertiary/aromatic N) is 1. The number of quaternary nitrogens is 1. The van der Waals surface area contributed by atoms with Gasteiger partial charge in [-0.1, -0.05) is 49.7 Å². The lowest BCUT2D eigenvalue weighted by atomic mass is 10.0. The Kier molecular flexibility index (Phi) is 7.23. The lowest BCUT2D eigenvalue weighted by molar-refractivity contribution is -0.895. The van der Waals surface area contributed by atoms with Gasteiger partial charge in [-0.25, -0.2) is 8.42 Å². The minimum atomic E-state index is -3.40. The number of thiophene rings is 1. The number of benzene rings is 1. The molecule has 1 atom stereocenters. The summed E-state index contributed by atoms with van der Waals surface area (Å²) in [5, 5.41) is 4.93. The van der Waals surface area contributed by atoms with Crippen LogP contribution in [0, 0.1) is 0 Å². The average molecular weight is 423 g/mol. The summed E-state index contributed by atoms with van der Waals surface area (Å²) in [6.07, 6.45) is 1.89. The summed E-state index contributed by atoms with van der Waals surface area (Å²) in [5.41, 5.74) is 1.12. The lowest BCUT2D eigenvalue weighted by Gasteiger charge is -2.31. The van der Waals surface area contributed by atoms with Gasteiger partial charge in [0.2, 0.25) is 0 Å². The van der Waals surface area contributed by atoms with Crippen LogP contribution in [-0.2, 0) is 14.8 Å². The Balaban J connectivity index is 1.52. The third-order valence-electron chi connectivity index (χ3n) is 5.04.